The molecule has 1 aliphatic heterocycles. The number of nitrogens with zero attached hydrogens (tertiary/aromatic N) is 6. The Morgan fingerprint density at radius 2 is 1.64 bits per heavy atom. The van der Waals surface area contributed by atoms with E-state index in [0.29, 0.717) is 32.6 Å². The molecule has 0 spiro atoms. The molecule has 442 valence electrons. The molecule has 8 rings (SSSR count). The van der Waals surface area contributed by atoms with Crippen molar-refractivity contribution in [3.63, 3.8) is 0 Å². The largest absolute Gasteiger partial charge is 0.507 e. The summed E-state index contributed by atoms with van der Waals surface area (Å²) >= 11 is 19.1. The molecule has 0 bridgehead atoms. The standard InChI is InChI=1S/C61H62Cl3F4N9O7/c1-7-48(79)76-21-23-77(24-22-76)56-39-31-42(64)50(51-43(65)12-9-13-46(51)78)54(68)55(39)73-59(74-56)71-19-18-49(80)75(5)25-27-84-26-20-70-57(81)34-14-17-45(47(28-34)83-6)72-58(82)38-29-35(32-60(2,3)4)61(33-69,40-16-15-36(62)30-44(40)66)52(38)37-10-8-11-41(63)53(37)67/h7-17,28,30-31,35,38,52,78H,1,18-27,29,32H2,2-6H3,(H,70,81)(H,72,82)(H,71,73,74)/t35-,38+,52-,61+/m0/s1. The number of halogens is 7. The van der Waals surface area contributed by atoms with Crippen LogP contribution in [-0.2, 0) is 24.5 Å². The fourth-order valence-electron chi connectivity index (χ4n) is 11.3. The summed E-state index contributed by atoms with van der Waals surface area (Å²) in [7, 11) is 2.95. The first-order valence-electron chi connectivity index (χ1n) is 27.0. The molecule has 4 amide bonds. The lowest BCUT2D eigenvalue weighted by molar-refractivity contribution is -0.130. The number of phenolic OH excluding ortho intramolecular Hbond substituents is 1. The lowest BCUT2D eigenvalue weighted by Crippen LogP contribution is -2.48. The summed E-state index contributed by atoms with van der Waals surface area (Å²) in [4.78, 5) is 67.6. The molecule has 2 aliphatic rings. The maximum absolute atomic E-state index is 16.6. The van der Waals surface area contributed by atoms with Crippen LogP contribution in [0, 0.1) is 51.9 Å². The van der Waals surface area contributed by atoms with Gasteiger partial charge in [-0.05, 0) is 90.4 Å². The maximum atomic E-state index is 16.6. The summed E-state index contributed by atoms with van der Waals surface area (Å²) in [6, 6.07) is 20.0. The third kappa shape index (κ3) is 13.3. The van der Waals surface area contributed by atoms with Crippen molar-refractivity contribution in [2.75, 3.05) is 88.7 Å². The Kier molecular flexibility index (Phi) is 19.7. The van der Waals surface area contributed by atoms with Crippen LogP contribution < -0.4 is 25.6 Å². The first-order chi connectivity index (χ1) is 40.0. The van der Waals surface area contributed by atoms with Gasteiger partial charge < -0.3 is 45.2 Å². The second kappa shape index (κ2) is 26.5. The maximum Gasteiger partial charge on any atom is 0.251 e. The number of aromatic nitrogens is 2. The van der Waals surface area contributed by atoms with Crippen molar-refractivity contribution in [3.05, 3.63) is 147 Å². The van der Waals surface area contributed by atoms with Crippen LogP contribution in [0.25, 0.3) is 22.0 Å². The number of aromatic hydroxyl groups is 1. The number of nitrogens with one attached hydrogen (secondary N) is 3. The number of benzene rings is 5. The van der Waals surface area contributed by atoms with Crippen molar-refractivity contribution in [3.8, 4) is 28.7 Å². The van der Waals surface area contributed by atoms with E-state index in [2.05, 4.69) is 38.6 Å². The van der Waals surface area contributed by atoms with E-state index in [1.54, 1.807) is 11.9 Å². The van der Waals surface area contributed by atoms with Gasteiger partial charge >= 0.3 is 0 Å². The van der Waals surface area contributed by atoms with Crippen molar-refractivity contribution in [1.82, 2.24) is 25.1 Å². The van der Waals surface area contributed by atoms with Crippen LogP contribution in [0.3, 0.4) is 0 Å². The fraction of sp³-hybridized carbons (Fsp3) is 0.361. The number of ether oxygens (including phenoxy) is 2. The molecule has 1 saturated carbocycles. The van der Waals surface area contributed by atoms with Gasteiger partial charge in [0.1, 0.15) is 40.3 Å². The number of piperazine rings is 1. The Labute approximate surface area is 498 Å². The minimum atomic E-state index is -1.75. The lowest BCUT2D eigenvalue weighted by Gasteiger charge is -2.38. The molecule has 0 unspecified atom stereocenters. The van der Waals surface area contributed by atoms with E-state index >= 15 is 17.6 Å². The molecule has 23 heteroatoms. The number of methoxy groups -OCH3 is 1. The summed E-state index contributed by atoms with van der Waals surface area (Å²) in [5.74, 6) is -8.20. The second-order valence-electron chi connectivity index (χ2n) is 21.8. The predicted octanol–water partition coefficient (Wildman–Crippen LogP) is 11.3. The lowest BCUT2D eigenvalue weighted by atomic mass is 9.62. The van der Waals surface area contributed by atoms with E-state index in [1.807, 2.05) is 25.7 Å². The van der Waals surface area contributed by atoms with Crippen LogP contribution in [0.4, 0.5) is 35.0 Å². The molecule has 2 fully saturated rings. The van der Waals surface area contributed by atoms with Crippen LogP contribution in [-0.4, -0.2) is 122 Å². The van der Waals surface area contributed by atoms with E-state index in [1.165, 1.54) is 84.8 Å². The molecule has 1 aromatic heterocycles. The Balaban J connectivity index is 0.868. The van der Waals surface area contributed by atoms with Crippen molar-refractivity contribution in [1.29, 1.82) is 5.26 Å². The number of carbonyl (C=O) groups is 4. The highest BCUT2D eigenvalue weighted by Gasteiger charge is 2.61. The Hall–Kier alpha value is -7.70. The highest BCUT2D eigenvalue weighted by Crippen LogP contribution is 2.61. The van der Waals surface area contributed by atoms with E-state index in [9.17, 15) is 29.5 Å². The zero-order valence-corrected chi connectivity index (χ0v) is 49.0. The van der Waals surface area contributed by atoms with Gasteiger partial charge in [0.15, 0.2) is 5.82 Å². The summed E-state index contributed by atoms with van der Waals surface area (Å²) in [6.07, 6.45) is 1.64. The SMILES string of the molecule is C=CC(=O)N1CCN(c2nc(NCCC(=O)N(C)CCOCCNC(=O)c3ccc(NC(=O)[C@@H]4C[C@@H](CC(C)(C)C)[C@](C#N)(c5ccc(Cl)cc5F)[C@H]4c4cccc(Cl)c4F)c(OC)c3)nc3c(F)c(-c4c(O)cccc4F)c(Cl)cc23)CC1. The van der Waals surface area contributed by atoms with E-state index in [-0.39, 0.29) is 123 Å². The number of nitriles is 1. The second-order valence-corrected chi connectivity index (χ2v) is 23.0. The average Bonchev–Trinajstić information content (AvgIpc) is 3.83. The van der Waals surface area contributed by atoms with Crippen molar-refractivity contribution >= 4 is 86.8 Å². The summed E-state index contributed by atoms with van der Waals surface area (Å²) in [6.45, 7) is 11.2. The van der Waals surface area contributed by atoms with Gasteiger partial charge in [-0.25, -0.2) is 22.5 Å². The molecule has 4 N–H and O–H groups in total. The monoisotopic (exact) mass is 1210 g/mol. The number of rotatable bonds is 20. The van der Waals surface area contributed by atoms with Gasteiger partial charge in [0, 0.05) is 98.2 Å². The topological polar surface area (TPSA) is 202 Å². The first-order valence-corrected chi connectivity index (χ1v) is 28.1. The van der Waals surface area contributed by atoms with Crippen molar-refractivity contribution < 1.29 is 51.3 Å². The molecule has 5 aromatic carbocycles. The van der Waals surface area contributed by atoms with Crippen molar-refractivity contribution in [2.24, 2.45) is 17.3 Å². The van der Waals surface area contributed by atoms with Gasteiger partial charge in [0.2, 0.25) is 23.7 Å². The van der Waals surface area contributed by atoms with Gasteiger partial charge in [-0.1, -0.05) is 86.4 Å². The Morgan fingerprint density at radius 3 is 2.32 bits per heavy atom. The van der Waals surface area contributed by atoms with Gasteiger partial charge in [0.25, 0.3) is 5.91 Å². The molecule has 1 saturated heterocycles. The van der Waals surface area contributed by atoms with E-state index in [0.717, 1.165) is 12.1 Å². The first kappa shape index (κ1) is 62.3. The number of likely N-dealkylation sites (N-methyl/N-ethyl adjacent to an activating group) is 1. The van der Waals surface area contributed by atoms with Crippen LogP contribution in [0.5, 0.6) is 11.5 Å². The summed E-state index contributed by atoms with van der Waals surface area (Å²) in [5, 5.41) is 30.3. The fourth-order valence-corrected chi connectivity index (χ4v) is 11.9. The van der Waals surface area contributed by atoms with Gasteiger partial charge in [-0.15, -0.1) is 0 Å². The third-order valence-corrected chi connectivity index (χ3v) is 16.0. The zero-order chi connectivity index (χ0) is 60.8. The highest BCUT2D eigenvalue weighted by atomic mass is 35.5. The minimum Gasteiger partial charge on any atom is -0.507 e. The number of fused-ring (bicyclic) bond motifs is 1. The molecule has 6 aromatic rings. The molecule has 0 radical (unpaired) electrons. The van der Waals surface area contributed by atoms with Crippen LogP contribution >= 0.6 is 34.8 Å². The van der Waals surface area contributed by atoms with Crippen LogP contribution in [0.1, 0.15) is 67.4 Å². The summed E-state index contributed by atoms with van der Waals surface area (Å²) < 4.78 is 75.4. The van der Waals surface area contributed by atoms with Crippen LogP contribution in [0.15, 0.2) is 91.5 Å². The van der Waals surface area contributed by atoms with Gasteiger partial charge in [-0.3, -0.25) is 19.2 Å². The number of anilines is 3. The normalized spacial score (nSPS) is 17.8. The molecule has 84 heavy (non-hydrogen) atoms. The average molecular weight is 1220 g/mol. The van der Waals surface area contributed by atoms with E-state index < -0.39 is 80.5 Å². The van der Waals surface area contributed by atoms with Crippen LogP contribution in [0.2, 0.25) is 15.1 Å². The molecule has 4 atom stereocenters. The summed E-state index contributed by atoms with van der Waals surface area (Å²) in [5.41, 5.74) is -2.87. The predicted molar refractivity (Wildman–Crippen MR) is 315 cm³/mol. The Morgan fingerprint density at radius 1 is 0.905 bits per heavy atom. The quantitative estimate of drug-likeness (QED) is 0.0320. The Bertz CT molecular complexity index is 3540. The minimum absolute atomic E-state index is 0.0137. The van der Waals surface area contributed by atoms with Crippen molar-refractivity contribution in [2.45, 2.75) is 51.4 Å². The number of hydrogen-bond acceptors (Lipinski definition) is 12. The molecule has 16 nitrogen and oxygen atoms in total. The zero-order valence-electron chi connectivity index (χ0n) is 46.7. The number of phenols is 1. The molecular weight excluding hydrogens is 1150 g/mol. The van der Waals surface area contributed by atoms with Gasteiger partial charge in [0.05, 0.1) is 53.1 Å². The molecule has 2 heterocycles. The highest BCUT2D eigenvalue weighted by molar-refractivity contribution is 6.34. The number of hydrogen-bond donors (Lipinski definition) is 4. The molecule has 1 aliphatic carbocycles. The smallest absolute Gasteiger partial charge is 0.251 e. The van der Waals surface area contributed by atoms with Gasteiger partial charge in [-0.2, -0.15) is 10.2 Å². The third-order valence-electron chi connectivity index (χ3n) is 15.2. The number of carbonyl (C=O) groups excluding carboxylic acids is 4. The molecular formula is C61H62Cl3F4N9O7. The number of amides is 4. The van der Waals surface area contributed by atoms with E-state index in [4.69, 9.17) is 44.3 Å².